The highest BCUT2D eigenvalue weighted by Gasteiger charge is 2.18. The highest BCUT2D eigenvalue weighted by Crippen LogP contribution is 2.20. The van der Waals surface area contributed by atoms with Gasteiger partial charge < -0.3 is 0 Å². The number of hydrogen-bond acceptors (Lipinski definition) is 4. The van der Waals surface area contributed by atoms with Crippen LogP contribution in [0.15, 0.2) is 30.7 Å². The second-order valence-corrected chi connectivity index (χ2v) is 4.99. The molecule has 1 aliphatic heterocycles. The average molecular weight is 275 g/mol. The Bertz CT molecular complexity index is 559. The molecule has 2 aromatic rings. The lowest BCUT2D eigenvalue weighted by Crippen LogP contribution is -2.32. The van der Waals surface area contributed by atoms with E-state index in [1.54, 1.807) is 12.4 Å². The van der Waals surface area contributed by atoms with E-state index in [2.05, 4.69) is 14.9 Å². The van der Waals surface area contributed by atoms with Gasteiger partial charge in [0, 0.05) is 49.7 Å². The van der Waals surface area contributed by atoms with Crippen LogP contribution in [0.4, 0.5) is 0 Å². The van der Waals surface area contributed by atoms with Crippen molar-refractivity contribution in [1.82, 2.24) is 19.9 Å². The van der Waals surface area contributed by atoms with Crippen LogP contribution in [0, 0.1) is 0 Å². The Morgan fingerprint density at radius 3 is 2.89 bits per heavy atom. The second kappa shape index (κ2) is 5.63. The standard InChI is InChI=1S/C14H15ClN4/c15-4-8-19-7-3-12-9-17-14(18-13(12)10-19)11-1-5-16-6-2-11/h1-2,5-6,9H,3-4,7-8,10H2. The topological polar surface area (TPSA) is 41.9 Å². The van der Waals surface area contributed by atoms with Crippen molar-refractivity contribution >= 4 is 11.6 Å². The molecule has 0 unspecified atom stereocenters. The molecule has 0 aromatic carbocycles. The van der Waals surface area contributed by atoms with Crippen molar-refractivity contribution in [3.05, 3.63) is 42.0 Å². The van der Waals surface area contributed by atoms with Gasteiger partial charge >= 0.3 is 0 Å². The van der Waals surface area contributed by atoms with Crippen LogP contribution in [0.25, 0.3) is 11.4 Å². The summed E-state index contributed by atoms with van der Waals surface area (Å²) in [6, 6.07) is 3.86. The molecule has 3 rings (SSSR count). The van der Waals surface area contributed by atoms with Crippen LogP contribution in [0.2, 0.25) is 0 Å². The quantitative estimate of drug-likeness (QED) is 0.804. The molecule has 5 heteroatoms. The van der Waals surface area contributed by atoms with E-state index < -0.39 is 0 Å². The summed E-state index contributed by atoms with van der Waals surface area (Å²) in [5.74, 6) is 1.44. The average Bonchev–Trinajstić information content (AvgIpc) is 2.48. The van der Waals surface area contributed by atoms with Crippen molar-refractivity contribution < 1.29 is 0 Å². The zero-order valence-corrected chi connectivity index (χ0v) is 11.3. The summed E-state index contributed by atoms with van der Waals surface area (Å²) in [6.07, 6.45) is 6.48. The van der Waals surface area contributed by atoms with Crippen molar-refractivity contribution in [2.45, 2.75) is 13.0 Å². The number of alkyl halides is 1. The molecule has 0 N–H and O–H groups in total. The molecule has 0 fully saturated rings. The summed E-state index contributed by atoms with van der Waals surface area (Å²) >= 11 is 5.81. The minimum atomic E-state index is 0.664. The van der Waals surface area contributed by atoms with Crippen LogP contribution in [-0.4, -0.2) is 38.8 Å². The SMILES string of the molecule is ClCCN1CCc2cnc(-c3ccncc3)nc2C1. The molecule has 3 heterocycles. The first kappa shape index (κ1) is 12.5. The van der Waals surface area contributed by atoms with Gasteiger partial charge in [-0.2, -0.15) is 0 Å². The zero-order valence-electron chi connectivity index (χ0n) is 10.6. The maximum atomic E-state index is 5.81. The molecule has 0 amide bonds. The Morgan fingerprint density at radius 1 is 1.26 bits per heavy atom. The monoisotopic (exact) mass is 274 g/mol. The molecular weight excluding hydrogens is 260 g/mol. The van der Waals surface area contributed by atoms with E-state index in [0.717, 1.165) is 43.1 Å². The number of rotatable bonds is 3. The number of fused-ring (bicyclic) bond motifs is 1. The third-order valence-corrected chi connectivity index (χ3v) is 3.53. The van der Waals surface area contributed by atoms with Crippen molar-refractivity contribution in [1.29, 1.82) is 0 Å². The molecular formula is C14H15ClN4. The normalized spacial score (nSPS) is 15.2. The number of nitrogens with zero attached hydrogens (tertiary/aromatic N) is 4. The molecule has 0 saturated carbocycles. The Kier molecular flexibility index (Phi) is 3.71. The van der Waals surface area contributed by atoms with Crippen molar-refractivity contribution in [2.75, 3.05) is 19.0 Å². The second-order valence-electron chi connectivity index (χ2n) is 4.62. The first-order valence-corrected chi connectivity index (χ1v) is 6.94. The van der Waals surface area contributed by atoms with E-state index in [0.29, 0.717) is 5.88 Å². The van der Waals surface area contributed by atoms with Gasteiger partial charge in [-0.3, -0.25) is 9.88 Å². The van der Waals surface area contributed by atoms with E-state index in [4.69, 9.17) is 16.6 Å². The third kappa shape index (κ3) is 2.74. The first-order chi connectivity index (χ1) is 9.36. The summed E-state index contributed by atoms with van der Waals surface area (Å²) in [4.78, 5) is 15.5. The van der Waals surface area contributed by atoms with Crippen LogP contribution in [0.1, 0.15) is 11.3 Å². The lowest BCUT2D eigenvalue weighted by Gasteiger charge is -2.27. The van der Waals surface area contributed by atoms with E-state index in [1.807, 2.05) is 18.3 Å². The molecule has 0 aliphatic carbocycles. The molecule has 0 bridgehead atoms. The van der Waals surface area contributed by atoms with Crippen LogP contribution < -0.4 is 0 Å². The van der Waals surface area contributed by atoms with E-state index in [-0.39, 0.29) is 0 Å². The Labute approximate surface area is 117 Å². The summed E-state index contributed by atoms with van der Waals surface area (Å²) in [5.41, 5.74) is 3.38. The number of halogens is 1. The molecule has 98 valence electrons. The van der Waals surface area contributed by atoms with Gasteiger partial charge in [-0.05, 0) is 24.1 Å². The highest BCUT2D eigenvalue weighted by atomic mass is 35.5. The largest absolute Gasteiger partial charge is 0.296 e. The van der Waals surface area contributed by atoms with Gasteiger partial charge in [0.05, 0.1) is 5.69 Å². The molecule has 0 atom stereocenters. The molecule has 0 radical (unpaired) electrons. The van der Waals surface area contributed by atoms with Crippen LogP contribution in [-0.2, 0) is 13.0 Å². The number of hydrogen-bond donors (Lipinski definition) is 0. The Hall–Kier alpha value is -1.52. The van der Waals surface area contributed by atoms with Gasteiger partial charge in [0.25, 0.3) is 0 Å². The number of pyridine rings is 1. The first-order valence-electron chi connectivity index (χ1n) is 6.40. The predicted octanol–water partition coefficient (Wildman–Crippen LogP) is 2.14. The number of aromatic nitrogens is 3. The predicted molar refractivity (Wildman–Crippen MR) is 75.0 cm³/mol. The van der Waals surface area contributed by atoms with Crippen LogP contribution in [0.3, 0.4) is 0 Å². The molecule has 0 saturated heterocycles. The van der Waals surface area contributed by atoms with Crippen molar-refractivity contribution in [3.8, 4) is 11.4 Å². The van der Waals surface area contributed by atoms with Crippen LogP contribution in [0.5, 0.6) is 0 Å². The molecule has 4 nitrogen and oxygen atoms in total. The van der Waals surface area contributed by atoms with Crippen molar-refractivity contribution in [3.63, 3.8) is 0 Å². The van der Waals surface area contributed by atoms with Gasteiger partial charge in [-0.15, -0.1) is 11.6 Å². The summed E-state index contributed by atoms with van der Waals surface area (Å²) in [6.45, 7) is 2.82. The summed E-state index contributed by atoms with van der Waals surface area (Å²) in [5, 5.41) is 0. The minimum absolute atomic E-state index is 0.664. The highest BCUT2D eigenvalue weighted by molar-refractivity contribution is 6.18. The molecule has 19 heavy (non-hydrogen) atoms. The minimum Gasteiger partial charge on any atom is -0.296 e. The van der Waals surface area contributed by atoms with E-state index in [1.165, 1.54) is 5.56 Å². The van der Waals surface area contributed by atoms with Gasteiger partial charge in [-0.25, -0.2) is 9.97 Å². The van der Waals surface area contributed by atoms with Gasteiger partial charge in [-0.1, -0.05) is 0 Å². The lowest BCUT2D eigenvalue weighted by atomic mass is 10.1. The van der Waals surface area contributed by atoms with Crippen molar-refractivity contribution in [2.24, 2.45) is 0 Å². The molecule has 0 spiro atoms. The zero-order chi connectivity index (χ0) is 13.1. The van der Waals surface area contributed by atoms with E-state index in [9.17, 15) is 0 Å². The lowest BCUT2D eigenvalue weighted by molar-refractivity contribution is 0.265. The summed E-state index contributed by atoms with van der Waals surface area (Å²) < 4.78 is 0. The maximum absolute atomic E-state index is 5.81. The van der Waals surface area contributed by atoms with Gasteiger partial charge in [0.2, 0.25) is 0 Å². The molecule has 2 aromatic heterocycles. The Morgan fingerprint density at radius 2 is 2.11 bits per heavy atom. The summed E-state index contributed by atoms with van der Waals surface area (Å²) in [7, 11) is 0. The fraction of sp³-hybridized carbons (Fsp3) is 0.357. The fourth-order valence-corrected chi connectivity index (χ4v) is 2.55. The van der Waals surface area contributed by atoms with Gasteiger partial charge in [0.1, 0.15) is 0 Å². The Balaban J connectivity index is 1.89. The van der Waals surface area contributed by atoms with Gasteiger partial charge in [0.15, 0.2) is 5.82 Å². The smallest absolute Gasteiger partial charge is 0.159 e. The molecule has 1 aliphatic rings. The van der Waals surface area contributed by atoms with Crippen LogP contribution >= 0.6 is 11.6 Å². The maximum Gasteiger partial charge on any atom is 0.159 e. The van der Waals surface area contributed by atoms with E-state index >= 15 is 0 Å². The third-order valence-electron chi connectivity index (χ3n) is 3.36. The fourth-order valence-electron chi connectivity index (χ4n) is 2.31.